The molecular formula is C29H32N2O. The molecule has 0 N–H and O–H groups in total. The van der Waals surface area contributed by atoms with Crippen LogP contribution in [0.2, 0.25) is 0 Å². The Balaban J connectivity index is 1.46. The maximum Gasteiger partial charge on any atom is 0.124 e. The van der Waals surface area contributed by atoms with E-state index in [1.807, 2.05) is 48.5 Å². The average Bonchev–Trinajstić information content (AvgIpc) is 2.78. The summed E-state index contributed by atoms with van der Waals surface area (Å²) in [6.45, 7) is 8.49. The molecular weight excluding hydrogens is 392 g/mol. The Labute approximate surface area is 192 Å². The summed E-state index contributed by atoms with van der Waals surface area (Å²) in [5.74, 6) is 0.948. The topological polar surface area (TPSA) is 36.3 Å². The average molecular weight is 425 g/mol. The van der Waals surface area contributed by atoms with Gasteiger partial charge in [0.2, 0.25) is 0 Å². The standard InChI is InChI=1S/C29H32N2O/c1-23-11-10-16-26(19-23)32-27-20-31(21-27)28(2,3)17-18-29(22-30,24-12-6-4-7-13-24)25-14-8-5-9-15-25/h4-16,19,27H,17-18,20-21H2,1-3H3. The summed E-state index contributed by atoms with van der Waals surface area (Å²) < 4.78 is 6.17. The molecule has 0 bridgehead atoms. The largest absolute Gasteiger partial charge is 0.488 e. The zero-order valence-corrected chi connectivity index (χ0v) is 19.3. The second-order valence-corrected chi connectivity index (χ2v) is 9.52. The summed E-state index contributed by atoms with van der Waals surface area (Å²) in [5.41, 5.74) is 2.68. The molecule has 1 aliphatic heterocycles. The maximum absolute atomic E-state index is 10.4. The third-order valence-corrected chi connectivity index (χ3v) is 6.83. The number of aryl methyl sites for hydroxylation is 1. The van der Waals surface area contributed by atoms with E-state index >= 15 is 0 Å². The van der Waals surface area contributed by atoms with Gasteiger partial charge in [0, 0.05) is 18.6 Å². The summed E-state index contributed by atoms with van der Waals surface area (Å²) in [6.07, 6.45) is 1.91. The number of nitrogens with zero attached hydrogens (tertiary/aromatic N) is 2. The zero-order chi connectivity index (χ0) is 22.6. The maximum atomic E-state index is 10.4. The van der Waals surface area contributed by atoms with E-state index < -0.39 is 5.41 Å². The molecule has 0 radical (unpaired) electrons. The van der Waals surface area contributed by atoms with E-state index in [9.17, 15) is 5.26 Å². The van der Waals surface area contributed by atoms with Crippen LogP contribution in [0.3, 0.4) is 0 Å². The number of hydrogen-bond acceptors (Lipinski definition) is 3. The molecule has 0 unspecified atom stereocenters. The van der Waals surface area contributed by atoms with Crippen molar-refractivity contribution in [3.8, 4) is 11.8 Å². The Bertz CT molecular complexity index is 1020. The van der Waals surface area contributed by atoms with Crippen molar-refractivity contribution in [2.45, 2.75) is 50.7 Å². The lowest BCUT2D eigenvalue weighted by atomic mass is 9.70. The predicted octanol–water partition coefficient (Wildman–Crippen LogP) is 6.13. The Morgan fingerprint density at radius 1 is 0.875 bits per heavy atom. The number of likely N-dealkylation sites (tertiary alicyclic amines) is 1. The Hall–Kier alpha value is -3.09. The summed E-state index contributed by atoms with van der Waals surface area (Å²) in [5, 5.41) is 10.4. The van der Waals surface area contributed by atoms with Gasteiger partial charge in [0.05, 0.1) is 6.07 Å². The SMILES string of the molecule is Cc1cccc(OC2CN(C(C)(C)CCC(C#N)(c3ccccc3)c3ccccc3)C2)c1. The first-order valence-corrected chi connectivity index (χ1v) is 11.4. The van der Waals surface area contributed by atoms with Crippen LogP contribution in [-0.2, 0) is 5.41 Å². The van der Waals surface area contributed by atoms with Gasteiger partial charge < -0.3 is 4.74 Å². The number of hydrogen-bond donors (Lipinski definition) is 0. The highest BCUT2D eigenvalue weighted by molar-refractivity contribution is 5.45. The molecule has 1 saturated heterocycles. The Morgan fingerprint density at radius 2 is 1.47 bits per heavy atom. The van der Waals surface area contributed by atoms with Crippen LogP contribution in [0, 0.1) is 18.3 Å². The van der Waals surface area contributed by atoms with Crippen molar-refractivity contribution in [1.29, 1.82) is 5.26 Å². The predicted molar refractivity (Wildman–Crippen MR) is 130 cm³/mol. The molecule has 4 rings (SSSR count). The van der Waals surface area contributed by atoms with E-state index in [1.54, 1.807) is 0 Å². The van der Waals surface area contributed by atoms with Crippen molar-refractivity contribution in [1.82, 2.24) is 4.90 Å². The van der Waals surface area contributed by atoms with Crippen LogP contribution in [0.25, 0.3) is 0 Å². The van der Waals surface area contributed by atoms with Gasteiger partial charge in [-0.1, -0.05) is 72.8 Å². The second kappa shape index (κ2) is 9.18. The van der Waals surface area contributed by atoms with Crippen molar-refractivity contribution in [3.63, 3.8) is 0 Å². The van der Waals surface area contributed by atoms with Gasteiger partial charge in [-0.15, -0.1) is 0 Å². The zero-order valence-electron chi connectivity index (χ0n) is 19.3. The lowest BCUT2D eigenvalue weighted by Gasteiger charge is -2.49. The Kier molecular flexibility index (Phi) is 6.35. The first-order valence-electron chi connectivity index (χ1n) is 11.4. The normalized spacial score (nSPS) is 15.1. The summed E-state index contributed by atoms with van der Waals surface area (Å²) in [4.78, 5) is 2.48. The molecule has 3 heteroatoms. The molecule has 3 nitrogen and oxygen atoms in total. The second-order valence-electron chi connectivity index (χ2n) is 9.52. The molecule has 0 saturated carbocycles. The minimum atomic E-state index is -0.651. The lowest BCUT2D eigenvalue weighted by Crippen LogP contribution is -2.62. The van der Waals surface area contributed by atoms with Crippen LogP contribution in [-0.4, -0.2) is 29.6 Å². The fraction of sp³-hybridized carbons (Fsp3) is 0.345. The number of nitriles is 1. The molecule has 0 aromatic heterocycles. The van der Waals surface area contributed by atoms with E-state index in [-0.39, 0.29) is 11.6 Å². The van der Waals surface area contributed by atoms with Crippen LogP contribution < -0.4 is 4.74 Å². The van der Waals surface area contributed by atoms with Gasteiger partial charge in [-0.25, -0.2) is 0 Å². The van der Waals surface area contributed by atoms with Crippen LogP contribution in [0.1, 0.15) is 43.4 Å². The van der Waals surface area contributed by atoms with Gasteiger partial charge in [-0.3, -0.25) is 4.90 Å². The molecule has 1 fully saturated rings. The number of benzene rings is 3. The van der Waals surface area contributed by atoms with E-state index in [1.165, 1.54) is 5.56 Å². The molecule has 0 atom stereocenters. The van der Waals surface area contributed by atoms with Crippen molar-refractivity contribution >= 4 is 0 Å². The highest BCUT2D eigenvalue weighted by atomic mass is 16.5. The van der Waals surface area contributed by atoms with E-state index in [0.717, 1.165) is 42.8 Å². The smallest absolute Gasteiger partial charge is 0.124 e. The number of ether oxygens (including phenoxy) is 1. The van der Waals surface area contributed by atoms with Crippen molar-refractivity contribution in [3.05, 3.63) is 102 Å². The fourth-order valence-electron chi connectivity index (χ4n) is 4.63. The monoisotopic (exact) mass is 424 g/mol. The van der Waals surface area contributed by atoms with Crippen molar-refractivity contribution in [2.24, 2.45) is 0 Å². The van der Waals surface area contributed by atoms with Gasteiger partial charge in [0.1, 0.15) is 17.3 Å². The van der Waals surface area contributed by atoms with Crippen LogP contribution in [0.4, 0.5) is 0 Å². The van der Waals surface area contributed by atoms with Crippen molar-refractivity contribution in [2.75, 3.05) is 13.1 Å². The van der Waals surface area contributed by atoms with Gasteiger partial charge in [-0.2, -0.15) is 5.26 Å². The highest BCUT2D eigenvalue weighted by Crippen LogP contribution is 2.39. The molecule has 164 valence electrons. The molecule has 1 aliphatic rings. The van der Waals surface area contributed by atoms with Gasteiger partial charge in [0.25, 0.3) is 0 Å². The highest BCUT2D eigenvalue weighted by Gasteiger charge is 2.42. The lowest BCUT2D eigenvalue weighted by molar-refractivity contribution is -0.0464. The van der Waals surface area contributed by atoms with E-state index in [0.29, 0.717) is 0 Å². The van der Waals surface area contributed by atoms with Crippen LogP contribution >= 0.6 is 0 Å². The van der Waals surface area contributed by atoms with Gasteiger partial charge in [0.15, 0.2) is 0 Å². The third kappa shape index (κ3) is 4.56. The third-order valence-electron chi connectivity index (χ3n) is 6.83. The molecule has 1 heterocycles. The van der Waals surface area contributed by atoms with Crippen molar-refractivity contribution < 1.29 is 4.74 Å². The quantitative estimate of drug-likeness (QED) is 0.437. The summed E-state index contributed by atoms with van der Waals surface area (Å²) in [6, 6.07) is 31.4. The van der Waals surface area contributed by atoms with Gasteiger partial charge >= 0.3 is 0 Å². The van der Waals surface area contributed by atoms with E-state index in [4.69, 9.17) is 4.74 Å². The number of rotatable bonds is 8. The summed E-state index contributed by atoms with van der Waals surface area (Å²) in [7, 11) is 0. The minimum Gasteiger partial charge on any atom is -0.488 e. The molecule has 0 spiro atoms. The molecule has 0 aliphatic carbocycles. The first-order chi connectivity index (χ1) is 15.4. The van der Waals surface area contributed by atoms with Crippen LogP contribution in [0.5, 0.6) is 5.75 Å². The van der Waals surface area contributed by atoms with Crippen LogP contribution in [0.15, 0.2) is 84.9 Å². The molecule has 32 heavy (non-hydrogen) atoms. The van der Waals surface area contributed by atoms with E-state index in [2.05, 4.69) is 68.1 Å². The molecule has 0 amide bonds. The van der Waals surface area contributed by atoms with Gasteiger partial charge in [-0.05, 0) is 62.4 Å². The minimum absolute atomic E-state index is 0.0157. The summed E-state index contributed by atoms with van der Waals surface area (Å²) >= 11 is 0. The fourth-order valence-corrected chi connectivity index (χ4v) is 4.63. The molecule has 3 aromatic rings. The first kappa shape index (κ1) is 22.1. The molecule has 3 aromatic carbocycles. The Morgan fingerprint density at radius 3 is 2.00 bits per heavy atom.